The van der Waals surface area contributed by atoms with Gasteiger partial charge in [-0.15, -0.1) is 0 Å². The summed E-state index contributed by atoms with van der Waals surface area (Å²) in [6, 6.07) is 1.62. The van der Waals surface area contributed by atoms with Crippen LogP contribution in [0.3, 0.4) is 0 Å². The van der Waals surface area contributed by atoms with Crippen LogP contribution >= 0.6 is 34.8 Å². The van der Waals surface area contributed by atoms with E-state index in [4.69, 9.17) is 49.0 Å². The number of methoxy groups -OCH3 is 2. The molecule has 0 saturated heterocycles. The number of benzene rings is 1. The summed E-state index contributed by atoms with van der Waals surface area (Å²) < 4.78 is 16.2. The molecule has 0 bridgehead atoms. The van der Waals surface area contributed by atoms with Gasteiger partial charge < -0.3 is 14.2 Å². The van der Waals surface area contributed by atoms with Gasteiger partial charge in [0.15, 0.2) is 5.75 Å². The van der Waals surface area contributed by atoms with E-state index < -0.39 is 6.10 Å². The molecular weight excluding hydrogens is 351 g/mol. The van der Waals surface area contributed by atoms with Crippen molar-refractivity contribution in [2.24, 2.45) is 0 Å². The van der Waals surface area contributed by atoms with E-state index in [9.17, 15) is 0 Å². The molecule has 0 saturated carbocycles. The van der Waals surface area contributed by atoms with Crippen molar-refractivity contribution in [2.45, 2.75) is 13.0 Å². The largest absolute Gasteiger partial charge is 0.495 e. The molecule has 0 fully saturated rings. The summed E-state index contributed by atoms with van der Waals surface area (Å²) in [6.45, 7) is 1.79. The maximum absolute atomic E-state index is 6.33. The van der Waals surface area contributed by atoms with Crippen LogP contribution in [0.15, 0.2) is 18.5 Å². The summed E-state index contributed by atoms with van der Waals surface area (Å²) in [4.78, 5) is 7.70. The zero-order valence-corrected chi connectivity index (χ0v) is 14.3. The average molecular weight is 364 g/mol. The normalized spacial score (nSPS) is 11.9. The van der Waals surface area contributed by atoms with Gasteiger partial charge in [0, 0.05) is 11.6 Å². The number of hydrogen-bond acceptors (Lipinski definition) is 5. The van der Waals surface area contributed by atoms with Crippen LogP contribution in [0.2, 0.25) is 15.3 Å². The molecule has 0 aliphatic rings. The molecule has 5 nitrogen and oxygen atoms in total. The van der Waals surface area contributed by atoms with Crippen molar-refractivity contribution < 1.29 is 14.2 Å². The highest BCUT2D eigenvalue weighted by molar-refractivity contribution is 6.38. The molecule has 1 atom stereocenters. The van der Waals surface area contributed by atoms with E-state index in [0.29, 0.717) is 32.9 Å². The van der Waals surface area contributed by atoms with Crippen molar-refractivity contribution in [1.29, 1.82) is 0 Å². The van der Waals surface area contributed by atoms with Gasteiger partial charge in [-0.05, 0) is 18.5 Å². The van der Waals surface area contributed by atoms with E-state index in [-0.39, 0.29) is 5.28 Å². The lowest BCUT2D eigenvalue weighted by molar-refractivity contribution is 0.224. The van der Waals surface area contributed by atoms with Crippen LogP contribution in [0.5, 0.6) is 17.2 Å². The molecule has 0 aliphatic heterocycles. The first-order valence-corrected chi connectivity index (χ1v) is 7.35. The van der Waals surface area contributed by atoms with E-state index in [1.165, 1.54) is 26.6 Å². The highest BCUT2D eigenvalue weighted by atomic mass is 35.5. The van der Waals surface area contributed by atoms with Gasteiger partial charge in [0.1, 0.15) is 17.6 Å². The molecule has 0 radical (unpaired) electrons. The summed E-state index contributed by atoms with van der Waals surface area (Å²) in [5.41, 5.74) is 0.550. The smallest absolute Gasteiger partial charge is 0.222 e. The molecule has 8 heteroatoms. The quantitative estimate of drug-likeness (QED) is 0.727. The topological polar surface area (TPSA) is 53.5 Å². The van der Waals surface area contributed by atoms with Gasteiger partial charge in [-0.1, -0.05) is 23.2 Å². The maximum Gasteiger partial charge on any atom is 0.222 e. The highest BCUT2D eigenvalue weighted by Gasteiger charge is 2.23. The molecule has 0 amide bonds. The van der Waals surface area contributed by atoms with Crippen LogP contribution in [0.4, 0.5) is 0 Å². The number of nitrogens with zero attached hydrogens (tertiary/aromatic N) is 2. The fraction of sp³-hybridized carbons (Fsp3) is 0.286. The highest BCUT2D eigenvalue weighted by Crippen LogP contribution is 2.44. The summed E-state index contributed by atoms with van der Waals surface area (Å²) in [6.07, 6.45) is 2.45. The van der Waals surface area contributed by atoms with Crippen LogP contribution < -0.4 is 14.2 Å². The first-order chi connectivity index (χ1) is 10.5. The SMILES string of the molecule is COc1cc(OC)c(Cl)c(C(C)Oc2cnc(Cl)nc2)c1Cl. The third kappa shape index (κ3) is 3.48. The number of ether oxygens (including phenoxy) is 3. The summed E-state index contributed by atoms with van der Waals surface area (Å²) in [5.74, 6) is 1.33. The van der Waals surface area contributed by atoms with E-state index in [2.05, 4.69) is 9.97 Å². The Labute approximate surface area is 143 Å². The van der Waals surface area contributed by atoms with Gasteiger partial charge in [-0.2, -0.15) is 0 Å². The van der Waals surface area contributed by atoms with Gasteiger partial charge in [0.25, 0.3) is 0 Å². The molecule has 2 aromatic rings. The minimum absolute atomic E-state index is 0.138. The lowest BCUT2D eigenvalue weighted by Gasteiger charge is -2.20. The molecule has 22 heavy (non-hydrogen) atoms. The maximum atomic E-state index is 6.33. The standard InChI is InChI=1S/C14H13Cl3N2O3/c1-7(22-8-5-18-14(17)19-6-8)11-12(15)9(20-2)4-10(21-3)13(11)16/h4-7H,1-3H3. The van der Waals surface area contributed by atoms with Crippen LogP contribution in [-0.4, -0.2) is 24.2 Å². The molecule has 1 aromatic carbocycles. The third-order valence-corrected chi connectivity index (χ3v) is 3.90. The van der Waals surface area contributed by atoms with Crippen molar-refractivity contribution in [2.75, 3.05) is 14.2 Å². The van der Waals surface area contributed by atoms with E-state index >= 15 is 0 Å². The molecule has 0 spiro atoms. The molecule has 0 aliphatic carbocycles. The zero-order chi connectivity index (χ0) is 16.3. The van der Waals surface area contributed by atoms with Crippen molar-refractivity contribution >= 4 is 34.8 Å². The van der Waals surface area contributed by atoms with Gasteiger partial charge in [0.2, 0.25) is 5.28 Å². The first kappa shape index (κ1) is 16.9. The Kier molecular flexibility index (Phi) is 5.56. The Morgan fingerprint density at radius 3 is 1.91 bits per heavy atom. The Balaban J connectivity index is 2.39. The second-order valence-corrected chi connectivity index (χ2v) is 5.36. The van der Waals surface area contributed by atoms with Crippen LogP contribution in [-0.2, 0) is 0 Å². The summed E-state index contributed by atoms with van der Waals surface area (Å²) in [7, 11) is 3.02. The van der Waals surface area contributed by atoms with Crippen LogP contribution in [0, 0.1) is 0 Å². The van der Waals surface area contributed by atoms with Crippen molar-refractivity contribution in [3.8, 4) is 17.2 Å². The lowest BCUT2D eigenvalue weighted by atomic mass is 10.1. The zero-order valence-electron chi connectivity index (χ0n) is 12.1. The number of hydrogen-bond donors (Lipinski definition) is 0. The average Bonchev–Trinajstić information content (AvgIpc) is 2.50. The van der Waals surface area contributed by atoms with Crippen LogP contribution in [0.25, 0.3) is 0 Å². The van der Waals surface area contributed by atoms with Crippen molar-refractivity contribution in [3.63, 3.8) is 0 Å². The van der Waals surface area contributed by atoms with Crippen molar-refractivity contribution in [1.82, 2.24) is 9.97 Å². The second-order valence-electron chi connectivity index (χ2n) is 4.27. The number of aromatic nitrogens is 2. The summed E-state index contributed by atoms with van der Waals surface area (Å²) in [5, 5.41) is 0.852. The molecule has 0 N–H and O–H groups in total. The lowest BCUT2D eigenvalue weighted by Crippen LogP contribution is -2.07. The van der Waals surface area contributed by atoms with E-state index in [1.54, 1.807) is 13.0 Å². The first-order valence-electron chi connectivity index (χ1n) is 6.22. The molecule has 2 rings (SSSR count). The molecular formula is C14H13Cl3N2O3. The number of halogens is 3. The Morgan fingerprint density at radius 2 is 1.45 bits per heavy atom. The predicted molar refractivity (Wildman–Crippen MR) is 85.7 cm³/mol. The molecule has 1 unspecified atom stereocenters. The summed E-state index contributed by atoms with van der Waals surface area (Å²) >= 11 is 18.3. The van der Waals surface area contributed by atoms with Gasteiger partial charge in [-0.3, -0.25) is 0 Å². The van der Waals surface area contributed by atoms with Crippen LogP contribution in [0.1, 0.15) is 18.6 Å². The third-order valence-electron chi connectivity index (χ3n) is 2.92. The fourth-order valence-electron chi connectivity index (χ4n) is 1.89. The van der Waals surface area contributed by atoms with Crippen molar-refractivity contribution in [3.05, 3.63) is 39.4 Å². The minimum atomic E-state index is -0.478. The molecule has 1 heterocycles. The van der Waals surface area contributed by atoms with Gasteiger partial charge in [-0.25, -0.2) is 9.97 Å². The molecule has 118 valence electrons. The fourth-order valence-corrected chi connectivity index (χ4v) is 2.79. The minimum Gasteiger partial charge on any atom is -0.495 e. The van der Waals surface area contributed by atoms with Gasteiger partial charge >= 0.3 is 0 Å². The monoisotopic (exact) mass is 362 g/mol. The second kappa shape index (κ2) is 7.22. The van der Waals surface area contributed by atoms with E-state index in [0.717, 1.165) is 0 Å². The number of rotatable bonds is 5. The Morgan fingerprint density at radius 1 is 0.955 bits per heavy atom. The Bertz CT molecular complexity index is 637. The van der Waals surface area contributed by atoms with Gasteiger partial charge in [0.05, 0.1) is 36.7 Å². The predicted octanol–water partition coefficient (Wildman–Crippen LogP) is 4.59. The molecule has 1 aromatic heterocycles. The van der Waals surface area contributed by atoms with E-state index in [1.807, 2.05) is 0 Å². The Hall–Kier alpha value is -1.43.